The molecule has 3 aliphatic rings. The minimum absolute atomic E-state index is 0.170. The van der Waals surface area contributed by atoms with Crippen LogP contribution < -0.4 is 5.73 Å². The number of hydrogen-bond acceptors (Lipinski definition) is 6. The van der Waals surface area contributed by atoms with Gasteiger partial charge in [0.1, 0.15) is 18.3 Å². The van der Waals surface area contributed by atoms with E-state index in [1.807, 2.05) is 27.7 Å². The fraction of sp³-hybridized carbons (Fsp3) is 1.00. The molecule has 0 bridgehead atoms. The second-order valence-electron chi connectivity index (χ2n) is 6.01. The van der Waals surface area contributed by atoms with Gasteiger partial charge in [-0.2, -0.15) is 0 Å². The molecule has 2 unspecified atom stereocenters. The van der Waals surface area contributed by atoms with Crippen molar-refractivity contribution >= 4 is 0 Å². The Labute approximate surface area is 107 Å². The van der Waals surface area contributed by atoms with Gasteiger partial charge in [-0.05, 0) is 27.7 Å². The average Bonchev–Trinajstić information content (AvgIpc) is 2.81. The number of rotatable bonds is 1. The van der Waals surface area contributed by atoms with Crippen LogP contribution in [0.15, 0.2) is 0 Å². The summed E-state index contributed by atoms with van der Waals surface area (Å²) in [6.07, 6.45) is -1.07. The zero-order valence-electron chi connectivity index (χ0n) is 11.2. The van der Waals surface area contributed by atoms with E-state index < -0.39 is 17.9 Å². The highest BCUT2D eigenvalue weighted by atomic mass is 16.8. The normalized spacial score (nSPS) is 49.5. The summed E-state index contributed by atoms with van der Waals surface area (Å²) in [5.41, 5.74) is 6.19. The monoisotopic (exact) mass is 259 g/mol. The Hall–Kier alpha value is -0.240. The summed E-state index contributed by atoms with van der Waals surface area (Å²) in [6.45, 7) is 7.95. The quantitative estimate of drug-likeness (QED) is 0.732. The predicted molar refractivity (Wildman–Crippen MR) is 61.6 cm³/mol. The Balaban J connectivity index is 1.68. The Morgan fingerprint density at radius 2 is 1.67 bits per heavy atom. The van der Waals surface area contributed by atoms with Crippen molar-refractivity contribution in [1.29, 1.82) is 0 Å². The fourth-order valence-electron chi connectivity index (χ4n) is 2.77. The summed E-state index contributed by atoms with van der Waals surface area (Å²) in [5, 5.41) is 0. The van der Waals surface area contributed by atoms with E-state index in [9.17, 15) is 0 Å². The van der Waals surface area contributed by atoms with E-state index in [-0.39, 0.29) is 24.4 Å². The summed E-state index contributed by atoms with van der Waals surface area (Å²) < 4.78 is 28.6. The highest BCUT2D eigenvalue weighted by Gasteiger charge is 2.56. The van der Waals surface area contributed by atoms with Gasteiger partial charge in [-0.25, -0.2) is 0 Å². The number of nitrogens with two attached hydrogens (primary N) is 1. The van der Waals surface area contributed by atoms with Crippen molar-refractivity contribution in [1.82, 2.24) is 0 Å². The zero-order chi connectivity index (χ0) is 13.1. The Morgan fingerprint density at radius 3 is 2.22 bits per heavy atom. The molecule has 0 aromatic carbocycles. The molecule has 6 heteroatoms. The second-order valence-corrected chi connectivity index (χ2v) is 6.01. The molecule has 0 spiro atoms. The molecular formula is C12H21NO5. The first-order chi connectivity index (χ1) is 8.27. The van der Waals surface area contributed by atoms with Crippen LogP contribution in [-0.2, 0) is 23.7 Å². The first-order valence-corrected chi connectivity index (χ1v) is 6.36. The van der Waals surface area contributed by atoms with Gasteiger partial charge in [0, 0.05) is 0 Å². The van der Waals surface area contributed by atoms with Crippen LogP contribution in [0.25, 0.3) is 0 Å². The van der Waals surface area contributed by atoms with Crippen LogP contribution in [-0.4, -0.2) is 48.8 Å². The van der Waals surface area contributed by atoms with Gasteiger partial charge in [-0.3, -0.25) is 0 Å². The SMILES string of the molecule is CC1(C)OCC([C@H]2O[C@@H]3OC(C)(C)O[C@H]3C2N)O1. The molecule has 0 radical (unpaired) electrons. The Kier molecular flexibility index (Phi) is 2.75. The molecule has 18 heavy (non-hydrogen) atoms. The first-order valence-electron chi connectivity index (χ1n) is 6.36. The van der Waals surface area contributed by atoms with Crippen LogP contribution in [0.3, 0.4) is 0 Å². The van der Waals surface area contributed by atoms with Gasteiger partial charge >= 0.3 is 0 Å². The summed E-state index contributed by atoms with van der Waals surface area (Å²) >= 11 is 0. The van der Waals surface area contributed by atoms with Gasteiger partial charge < -0.3 is 29.4 Å². The molecule has 0 aromatic heterocycles. The van der Waals surface area contributed by atoms with Gasteiger partial charge in [0.15, 0.2) is 17.9 Å². The Bertz CT molecular complexity index is 345. The minimum Gasteiger partial charge on any atom is -0.348 e. The third kappa shape index (κ3) is 2.07. The lowest BCUT2D eigenvalue weighted by molar-refractivity contribution is -0.222. The van der Waals surface area contributed by atoms with Crippen molar-refractivity contribution in [3.63, 3.8) is 0 Å². The molecule has 104 valence electrons. The van der Waals surface area contributed by atoms with Crippen molar-refractivity contribution in [3.05, 3.63) is 0 Å². The summed E-state index contributed by atoms with van der Waals surface area (Å²) in [7, 11) is 0. The van der Waals surface area contributed by atoms with Crippen molar-refractivity contribution in [3.8, 4) is 0 Å². The van der Waals surface area contributed by atoms with E-state index in [4.69, 9.17) is 29.4 Å². The molecule has 0 amide bonds. The Morgan fingerprint density at radius 1 is 0.944 bits per heavy atom. The van der Waals surface area contributed by atoms with Crippen molar-refractivity contribution in [2.24, 2.45) is 5.73 Å². The highest BCUT2D eigenvalue weighted by molar-refractivity contribution is 4.99. The van der Waals surface area contributed by atoms with Gasteiger partial charge in [0.2, 0.25) is 0 Å². The van der Waals surface area contributed by atoms with Gasteiger partial charge in [0.05, 0.1) is 12.6 Å². The van der Waals surface area contributed by atoms with Crippen LogP contribution in [0.2, 0.25) is 0 Å². The molecule has 0 saturated carbocycles. The lowest BCUT2D eigenvalue weighted by Gasteiger charge is -2.26. The summed E-state index contributed by atoms with van der Waals surface area (Å²) in [6, 6.07) is -0.265. The standard InChI is InChI=1S/C12H21NO5/c1-11(2)14-5-6(16-11)8-7(13)9-10(15-8)18-12(3,4)17-9/h6-10H,5,13H2,1-4H3/t6?,7?,8-,9+,10-/m1/s1. The van der Waals surface area contributed by atoms with E-state index in [1.165, 1.54) is 0 Å². The molecule has 2 N–H and O–H groups in total. The maximum Gasteiger partial charge on any atom is 0.189 e. The van der Waals surface area contributed by atoms with Crippen LogP contribution >= 0.6 is 0 Å². The zero-order valence-corrected chi connectivity index (χ0v) is 11.2. The maximum atomic E-state index is 6.19. The van der Waals surface area contributed by atoms with Crippen molar-refractivity contribution in [2.45, 2.75) is 69.9 Å². The molecule has 3 aliphatic heterocycles. The molecule has 6 nitrogen and oxygen atoms in total. The molecule has 3 heterocycles. The van der Waals surface area contributed by atoms with E-state index in [0.29, 0.717) is 6.61 Å². The molecule has 0 aromatic rings. The molecular weight excluding hydrogens is 238 g/mol. The highest BCUT2D eigenvalue weighted by Crippen LogP contribution is 2.39. The fourth-order valence-corrected chi connectivity index (χ4v) is 2.77. The first kappa shape index (κ1) is 12.8. The maximum absolute atomic E-state index is 6.19. The van der Waals surface area contributed by atoms with Crippen molar-refractivity contribution in [2.75, 3.05) is 6.61 Å². The van der Waals surface area contributed by atoms with Crippen LogP contribution in [0.5, 0.6) is 0 Å². The molecule has 0 aliphatic carbocycles. The number of fused-ring (bicyclic) bond motifs is 1. The largest absolute Gasteiger partial charge is 0.348 e. The molecule has 3 rings (SSSR count). The van der Waals surface area contributed by atoms with E-state index in [1.54, 1.807) is 0 Å². The molecule has 3 saturated heterocycles. The van der Waals surface area contributed by atoms with Crippen molar-refractivity contribution < 1.29 is 23.7 Å². The lowest BCUT2D eigenvalue weighted by Crippen LogP contribution is -2.47. The third-order valence-corrected chi connectivity index (χ3v) is 3.53. The van der Waals surface area contributed by atoms with Crippen LogP contribution in [0.4, 0.5) is 0 Å². The van der Waals surface area contributed by atoms with Crippen LogP contribution in [0, 0.1) is 0 Å². The minimum atomic E-state index is -0.635. The lowest BCUT2D eigenvalue weighted by atomic mass is 10.0. The topological polar surface area (TPSA) is 72.2 Å². The summed E-state index contributed by atoms with van der Waals surface area (Å²) in [4.78, 5) is 0. The molecule has 5 atom stereocenters. The van der Waals surface area contributed by atoms with E-state index in [0.717, 1.165) is 0 Å². The average molecular weight is 259 g/mol. The van der Waals surface area contributed by atoms with Crippen LogP contribution in [0.1, 0.15) is 27.7 Å². The van der Waals surface area contributed by atoms with E-state index in [2.05, 4.69) is 0 Å². The molecule has 3 fully saturated rings. The second kappa shape index (κ2) is 3.88. The third-order valence-electron chi connectivity index (χ3n) is 3.53. The van der Waals surface area contributed by atoms with Gasteiger partial charge in [-0.15, -0.1) is 0 Å². The summed E-state index contributed by atoms with van der Waals surface area (Å²) in [5.74, 6) is -1.21. The van der Waals surface area contributed by atoms with Gasteiger partial charge in [-0.1, -0.05) is 0 Å². The smallest absolute Gasteiger partial charge is 0.189 e. The predicted octanol–water partition coefficient (Wildman–Crippen LogP) is 0.342. The number of ether oxygens (including phenoxy) is 5. The van der Waals surface area contributed by atoms with Gasteiger partial charge in [0.25, 0.3) is 0 Å². The van der Waals surface area contributed by atoms with E-state index >= 15 is 0 Å². The number of hydrogen-bond donors (Lipinski definition) is 1.